The lowest BCUT2D eigenvalue weighted by molar-refractivity contribution is -0.385. The Labute approximate surface area is 162 Å². The van der Waals surface area contributed by atoms with E-state index in [4.69, 9.17) is 14.2 Å². The van der Waals surface area contributed by atoms with Crippen molar-refractivity contribution in [3.63, 3.8) is 0 Å². The van der Waals surface area contributed by atoms with Crippen molar-refractivity contribution in [2.24, 2.45) is 0 Å². The Hall–Kier alpha value is -4.22. The van der Waals surface area contributed by atoms with E-state index in [2.05, 4.69) is 0 Å². The van der Waals surface area contributed by atoms with Gasteiger partial charge in [-0.05, 0) is 24.3 Å². The van der Waals surface area contributed by atoms with Gasteiger partial charge in [-0.3, -0.25) is 25.1 Å². The first-order valence-corrected chi connectivity index (χ1v) is 8.15. The lowest BCUT2D eigenvalue weighted by Gasteiger charge is -2.12. The number of non-ortho nitro benzene ring substituents is 2. The Morgan fingerprint density at radius 2 is 1.59 bits per heavy atom. The highest BCUT2D eigenvalue weighted by molar-refractivity contribution is 5.89. The first kappa shape index (κ1) is 19.5. The molecule has 1 aliphatic heterocycles. The van der Waals surface area contributed by atoms with Crippen molar-refractivity contribution in [2.75, 3.05) is 18.1 Å². The van der Waals surface area contributed by atoms with E-state index in [1.165, 1.54) is 53.4 Å². The fourth-order valence-corrected chi connectivity index (χ4v) is 2.50. The first-order valence-electron chi connectivity index (χ1n) is 8.15. The summed E-state index contributed by atoms with van der Waals surface area (Å²) >= 11 is 0. The van der Waals surface area contributed by atoms with E-state index in [-0.39, 0.29) is 30.3 Å². The number of carbonyl (C=O) groups excluding carboxylic acids is 2. The van der Waals surface area contributed by atoms with Crippen molar-refractivity contribution in [2.45, 2.75) is 6.10 Å². The smallest absolute Gasteiger partial charge is 0.440 e. The van der Waals surface area contributed by atoms with Crippen LogP contribution in [0.4, 0.5) is 26.7 Å². The van der Waals surface area contributed by atoms with Gasteiger partial charge in [0.1, 0.15) is 12.4 Å². The van der Waals surface area contributed by atoms with Crippen LogP contribution in [0, 0.1) is 20.2 Å². The van der Waals surface area contributed by atoms with Crippen molar-refractivity contribution in [3.8, 4) is 5.75 Å². The molecule has 1 saturated heterocycles. The Balaban J connectivity index is 1.51. The van der Waals surface area contributed by atoms with Gasteiger partial charge in [0.15, 0.2) is 6.10 Å². The zero-order valence-corrected chi connectivity index (χ0v) is 14.6. The quantitative estimate of drug-likeness (QED) is 0.306. The van der Waals surface area contributed by atoms with E-state index < -0.39 is 28.2 Å². The topological polar surface area (TPSA) is 151 Å². The number of rotatable bonds is 6. The predicted molar refractivity (Wildman–Crippen MR) is 95.8 cm³/mol. The molecule has 1 atom stereocenters. The van der Waals surface area contributed by atoms with E-state index in [9.17, 15) is 29.8 Å². The number of anilines is 1. The van der Waals surface area contributed by atoms with Crippen LogP contribution in [0.1, 0.15) is 0 Å². The lowest BCUT2D eigenvalue weighted by atomic mass is 10.2. The van der Waals surface area contributed by atoms with Crippen molar-refractivity contribution in [1.29, 1.82) is 0 Å². The monoisotopic (exact) mass is 403 g/mol. The molecule has 150 valence electrons. The van der Waals surface area contributed by atoms with Crippen LogP contribution in [0.5, 0.6) is 5.75 Å². The molecular weight excluding hydrogens is 390 g/mol. The summed E-state index contributed by atoms with van der Waals surface area (Å²) in [5.74, 6) is 0.0523. The van der Waals surface area contributed by atoms with Gasteiger partial charge in [0.2, 0.25) is 0 Å². The molecule has 0 bridgehead atoms. The minimum Gasteiger partial charge on any atom is -0.440 e. The van der Waals surface area contributed by atoms with Crippen LogP contribution >= 0.6 is 0 Å². The second-order valence-corrected chi connectivity index (χ2v) is 5.80. The molecule has 0 radical (unpaired) electrons. The number of nitrogens with zero attached hydrogens (tertiary/aromatic N) is 3. The molecule has 12 heteroatoms. The second-order valence-electron chi connectivity index (χ2n) is 5.80. The van der Waals surface area contributed by atoms with E-state index in [0.29, 0.717) is 5.69 Å². The van der Waals surface area contributed by atoms with Crippen LogP contribution in [0.15, 0.2) is 48.5 Å². The summed E-state index contributed by atoms with van der Waals surface area (Å²) in [6, 6.07) is 10.2. The Kier molecular flexibility index (Phi) is 5.53. The Morgan fingerprint density at radius 3 is 2.14 bits per heavy atom. The maximum absolute atomic E-state index is 12.0. The van der Waals surface area contributed by atoms with Gasteiger partial charge >= 0.3 is 12.2 Å². The predicted octanol–water partition coefficient (Wildman–Crippen LogP) is 3.04. The Bertz CT molecular complexity index is 944. The summed E-state index contributed by atoms with van der Waals surface area (Å²) in [5, 5.41) is 21.3. The zero-order chi connectivity index (χ0) is 21.0. The van der Waals surface area contributed by atoms with Crippen LogP contribution in [0.2, 0.25) is 0 Å². The number of carbonyl (C=O) groups is 2. The van der Waals surface area contributed by atoms with Crippen molar-refractivity contribution >= 4 is 29.3 Å². The number of hydrogen-bond donors (Lipinski definition) is 0. The van der Waals surface area contributed by atoms with E-state index in [1.807, 2.05) is 0 Å². The summed E-state index contributed by atoms with van der Waals surface area (Å²) < 4.78 is 14.9. The third-order valence-corrected chi connectivity index (χ3v) is 3.88. The first-order chi connectivity index (χ1) is 13.8. The molecule has 2 aromatic carbocycles. The molecule has 1 amide bonds. The molecule has 12 nitrogen and oxygen atoms in total. The number of hydrogen-bond acceptors (Lipinski definition) is 9. The molecule has 2 aromatic rings. The van der Waals surface area contributed by atoms with Crippen LogP contribution in [-0.4, -0.2) is 41.4 Å². The third kappa shape index (κ3) is 4.74. The molecule has 0 spiro atoms. The molecular formula is C17H13N3O9. The van der Waals surface area contributed by atoms with Gasteiger partial charge in [0, 0.05) is 30.0 Å². The molecule has 1 fully saturated rings. The summed E-state index contributed by atoms with van der Waals surface area (Å²) in [7, 11) is 0. The summed E-state index contributed by atoms with van der Waals surface area (Å²) in [6.07, 6.45) is -2.51. The maximum Gasteiger partial charge on any atom is 0.513 e. The number of cyclic esters (lactones) is 1. The largest absolute Gasteiger partial charge is 0.513 e. The Morgan fingerprint density at radius 1 is 1.03 bits per heavy atom. The van der Waals surface area contributed by atoms with Crippen molar-refractivity contribution in [1.82, 2.24) is 0 Å². The molecule has 0 N–H and O–H groups in total. The maximum atomic E-state index is 12.0. The number of nitro benzene ring substituents is 2. The normalized spacial score (nSPS) is 15.5. The highest BCUT2D eigenvalue weighted by Gasteiger charge is 2.33. The van der Waals surface area contributed by atoms with Gasteiger partial charge in [0.05, 0.1) is 16.4 Å². The van der Waals surface area contributed by atoms with E-state index in [0.717, 1.165) is 0 Å². The zero-order valence-electron chi connectivity index (χ0n) is 14.6. The van der Waals surface area contributed by atoms with Crippen molar-refractivity contribution < 1.29 is 33.6 Å². The van der Waals surface area contributed by atoms with Gasteiger partial charge in [-0.2, -0.15) is 0 Å². The molecule has 0 aliphatic carbocycles. The van der Waals surface area contributed by atoms with Gasteiger partial charge < -0.3 is 14.2 Å². The van der Waals surface area contributed by atoms with Crippen LogP contribution in [0.25, 0.3) is 0 Å². The molecule has 0 saturated carbocycles. The second kappa shape index (κ2) is 8.21. The average Bonchev–Trinajstić information content (AvgIpc) is 3.07. The lowest BCUT2D eigenvalue weighted by Crippen LogP contribution is -2.27. The van der Waals surface area contributed by atoms with Crippen LogP contribution in [-0.2, 0) is 9.47 Å². The summed E-state index contributed by atoms with van der Waals surface area (Å²) in [6.45, 7) is -0.206. The van der Waals surface area contributed by atoms with Gasteiger partial charge in [-0.15, -0.1) is 0 Å². The molecule has 0 aromatic heterocycles. The minimum absolute atomic E-state index is 0.0523. The van der Waals surface area contributed by atoms with Crippen LogP contribution in [0.3, 0.4) is 0 Å². The number of nitro groups is 2. The molecule has 29 heavy (non-hydrogen) atoms. The molecule has 3 rings (SSSR count). The highest BCUT2D eigenvalue weighted by atomic mass is 16.7. The minimum atomic E-state index is -1.07. The highest BCUT2D eigenvalue weighted by Crippen LogP contribution is 2.24. The SMILES string of the molecule is O=C(OC[C@H]1CN(c2ccc([N+](=O)[O-])cc2)C(=O)O1)Oc1ccc([N+](=O)[O-])cc1. The van der Waals surface area contributed by atoms with Gasteiger partial charge in [0.25, 0.3) is 11.4 Å². The summed E-state index contributed by atoms with van der Waals surface area (Å²) in [5.41, 5.74) is 0.127. The van der Waals surface area contributed by atoms with E-state index in [1.54, 1.807) is 0 Å². The van der Waals surface area contributed by atoms with Gasteiger partial charge in [-0.1, -0.05) is 0 Å². The fraction of sp³-hybridized carbons (Fsp3) is 0.176. The van der Waals surface area contributed by atoms with Gasteiger partial charge in [-0.25, -0.2) is 9.59 Å². The van der Waals surface area contributed by atoms with E-state index >= 15 is 0 Å². The summed E-state index contributed by atoms with van der Waals surface area (Å²) in [4.78, 5) is 45.1. The molecule has 0 unspecified atom stereocenters. The molecule has 1 heterocycles. The van der Waals surface area contributed by atoms with Crippen molar-refractivity contribution in [3.05, 3.63) is 68.8 Å². The number of ether oxygens (including phenoxy) is 3. The third-order valence-electron chi connectivity index (χ3n) is 3.88. The number of amides is 1. The number of benzene rings is 2. The average molecular weight is 403 g/mol. The fourth-order valence-electron chi connectivity index (χ4n) is 2.50. The molecule has 1 aliphatic rings. The van der Waals surface area contributed by atoms with Crippen LogP contribution < -0.4 is 9.64 Å². The standard InChI is InChI=1S/C17H13N3O9/c21-16-18(11-1-3-12(4-2-11)19(23)24)9-15(28-16)10-27-17(22)29-14-7-5-13(6-8-14)20(25)26/h1-8,15H,9-10H2/t15-/m1/s1.